The number of rotatable bonds is 1. The van der Waals surface area contributed by atoms with E-state index in [-0.39, 0.29) is 12.6 Å². The van der Waals surface area contributed by atoms with Gasteiger partial charge in [-0.2, -0.15) is 8.42 Å². The fourth-order valence-corrected chi connectivity index (χ4v) is 0. The van der Waals surface area contributed by atoms with Gasteiger partial charge in [-0.1, -0.05) is 0 Å². The monoisotopic (exact) mass is 122 g/mol. The predicted octanol–water partition coefficient (Wildman–Crippen LogP) is -1.29. The molecule has 0 heterocycles. The fourth-order valence-electron chi connectivity index (χ4n) is 0. The minimum absolute atomic E-state index is 0.194. The van der Waals surface area contributed by atoms with E-state index in [0.717, 1.165) is 0 Å². The maximum Gasteiger partial charge on any atom is 0.335 e. The number of carbonyl (C=O) groups excluding carboxylic acids is 2. The van der Waals surface area contributed by atoms with E-state index in [1.54, 1.807) is 0 Å². The Kier molecular flexibility index (Phi) is 25.9. The molecule has 0 radical (unpaired) electrons. The third-order valence-electron chi connectivity index (χ3n) is 0.0556. The summed E-state index contributed by atoms with van der Waals surface area (Å²) in [7, 11) is 0. The van der Waals surface area contributed by atoms with Gasteiger partial charge in [0.25, 0.3) is 0 Å². The van der Waals surface area contributed by atoms with E-state index in [9.17, 15) is 0 Å². The van der Waals surface area contributed by atoms with Crippen molar-refractivity contribution in [2.75, 3.05) is 0 Å². The van der Waals surface area contributed by atoms with Gasteiger partial charge in [-0.05, 0) is 0 Å². The second-order valence-electron chi connectivity index (χ2n) is 0.340. The summed E-state index contributed by atoms with van der Waals surface area (Å²) in [5.74, 6) is 0. The molecule has 5 heteroatoms. The lowest BCUT2D eigenvalue weighted by atomic mass is 10.9. The van der Waals surface area contributed by atoms with Gasteiger partial charge in [0.1, 0.15) is 0 Å². The highest BCUT2D eigenvalue weighted by atomic mass is 32.1. The normalized spacial score (nSPS) is 4.57. The van der Waals surface area contributed by atoms with Crippen molar-refractivity contribution in [3.63, 3.8) is 0 Å². The van der Waals surface area contributed by atoms with Gasteiger partial charge in [-0.3, -0.25) is 9.59 Å². The summed E-state index contributed by atoms with van der Waals surface area (Å²) in [6.07, 6.45) is 0.389. The molecule has 0 bridgehead atoms. The van der Waals surface area contributed by atoms with Gasteiger partial charge in [0.05, 0.1) is 0 Å². The van der Waals surface area contributed by atoms with Crippen LogP contribution in [-0.2, 0) is 21.2 Å². The van der Waals surface area contributed by atoms with Crippen molar-refractivity contribution >= 4 is 24.1 Å². The number of hydrogen-bond donors (Lipinski definition) is 0. The van der Waals surface area contributed by atoms with E-state index < -0.39 is 11.6 Å². The summed E-state index contributed by atoms with van der Waals surface area (Å²) < 4.78 is 16.6. The Labute approximate surface area is 43.1 Å². The Morgan fingerprint density at radius 3 is 1.14 bits per heavy atom. The quantitative estimate of drug-likeness (QED) is 0.320. The molecule has 0 N–H and O–H groups in total. The first-order valence-electron chi connectivity index (χ1n) is 1.14. The van der Waals surface area contributed by atoms with E-state index >= 15 is 0 Å². The van der Waals surface area contributed by atoms with Gasteiger partial charge in [-0.15, -0.1) is 0 Å². The molecule has 0 fully saturated rings. The molecule has 0 aromatic carbocycles. The average Bonchev–Trinajstić information content (AvgIpc) is 1.69. The molecule has 0 unspecified atom stereocenters. The Morgan fingerprint density at radius 1 is 1.00 bits per heavy atom. The second kappa shape index (κ2) is 19.1. The Hall–Kier alpha value is -0.840. The van der Waals surface area contributed by atoms with Gasteiger partial charge in [0.2, 0.25) is 0 Å². The highest BCUT2D eigenvalue weighted by Crippen LogP contribution is 1.12. The molecule has 0 aromatic heterocycles. The zero-order valence-corrected chi connectivity index (χ0v) is 4.01. The van der Waals surface area contributed by atoms with Gasteiger partial charge >= 0.3 is 11.6 Å². The highest BCUT2D eigenvalue weighted by Gasteiger charge is 1.47. The van der Waals surface area contributed by atoms with Crippen molar-refractivity contribution in [1.82, 2.24) is 0 Å². The van der Waals surface area contributed by atoms with Crippen LogP contribution in [0.2, 0.25) is 0 Å². The first-order valence-corrected chi connectivity index (χ1v) is 1.80. The van der Waals surface area contributed by atoms with Crippen LogP contribution in [0.15, 0.2) is 0 Å². The first kappa shape index (κ1) is 9.48. The molecule has 0 aromatic rings. The molecule has 0 atom stereocenters. The third-order valence-corrected chi connectivity index (χ3v) is 0.0556. The van der Waals surface area contributed by atoms with Crippen molar-refractivity contribution in [3.05, 3.63) is 0 Å². The van der Waals surface area contributed by atoms with Crippen LogP contribution in [0.25, 0.3) is 0 Å². The minimum Gasteiger partial charge on any atom is -0.295 e. The van der Waals surface area contributed by atoms with Crippen LogP contribution in [-0.4, -0.2) is 21.0 Å². The van der Waals surface area contributed by atoms with E-state index in [1.807, 2.05) is 0 Å². The van der Waals surface area contributed by atoms with Crippen LogP contribution in [0.3, 0.4) is 0 Å². The van der Waals surface area contributed by atoms with Crippen LogP contribution in [0.1, 0.15) is 0 Å². The fraction of sp³-hybridized carbons (Fsp3) is 0. The molecule has 7 heavy (non-hydrogen) atoms. The van der Waals surface area contributed by atoms with E-state index in [0.29, 0.717) is 0 Å². The highest BCUT2D eigenvalue weighted by molar-refractivity contribution is 7.51. The predicted molar refractivity (Wildman–Crippen MR) is 21.0 cm³/mol. The number of hydrogen-bond acceptors (Lipinski definition) is 4. The molecule has 0 aliphatic carbocycles. The summed E-state index contributed by atoms with van der Waals surface area (Å²) in [4.78, 5) is 17.6. The third kappa shape index (κ3) is 2010. The molecule has 0 rings (SSSR count). The summed E-state index contributed by atoms with van der Waals surface area (Å²) in [6.45, 7) is 0. The van der Waals surface area contributed by atoms with E-state index in [4.69, 9.17) is 18.0 Å². The smallest absolute Gasteiger partial charge is 0.295 e. The van der Waals surface area contributed by atoms with E-state index in [1.165, 1.54) is 0 Å². The zero-order chi connectivity index (χ0) is 6.12. The maximum atomic E-state index is 8.81. The SMILES string of the molecule is O=CC=O.O=S=O. The maximum absolute atomic E-state index is 8.81. The molecular formula is C2H2O4S. The summed E-state index contributed by atoms with van der Waals surface area (Å²) in [5.41, 5.74) is 0. The molecule has 0 amide bonds. The zero-order valence-electron chi connectivity index (χ0n) is 3.20. The van der Waals surface area contributed by atoms with Crippen LogP contribution in [0.4, 0.5) is 0 Å². The molecular weight excluding hydrogens is 120 g/mol. The minimum atomic E-state index is -0.750. The van der Waals surface area contributed by atoms with Gasteiger partial charge in [-0.25, -0.2) is 0 Å². The summed E-state index contributed by atoms with van der Waals surface area (Å²) >= 11 is -0.750. The molecule has 0 aliphatic rings. The topological polar surface area (TPSA) is 68.3 Å². The molecule has 0 saturated carbocycles. The van der Waals surface area contributed by atoms with Crippen LogP contribution in [0.5, 0.6) is 0 Å². The van der Waals surface area contributed by atoms with Crippen LogP contribution >= 0.6 is 0 Å². The van der Waals surface area contributed by atoms with Crippen molar-refractivity contribution in [1.29, 1.82) is 0 Å². The largest absolute Gasteiger partial charge is 0.335 e. The van der Waals surface area contributed by atoms with Crippen LogP contribution < -0.4 is 0 Å². The van der Waals surface area contributed by atoms with Crippen LogP contribution in [0, 0.1) is 0 Å². The molecule has 0 saturated heterocycles. The molecule has 4 nitrogen and oxygen atoms in total. The van der Waals surface area contributed by atoms with Crippen molar-refractivity contribution in [3.8, 4) is 0 Å². The molecule has 0 aliphatic heterocycles. The van der Waals surface area contributed by atoms with E-state index in [2.05, 4.69) is 0 Å². The van der Waals surface area contributed by atoms with Crippen molar-refractivity contribution < 1.29 is 18.0 Å². The number of carbonyl (C=O) groups is 2. The lowest BCUT2D eigenvalue weighted by molar-refractivity contribution is -0.122. The lowest BCUT2D eigenvalue weighted by Crippen LogP contribution is -1.62. The Bertz CT molecular complexity index is 75.7. The second-order valence-corrected chi connectivity index (χ2v) is 0.476. The van der Waals surface area contributed by atoms with Gasteiger partial charge < -0.3 is 0 Å². The summed E-state index contributed by atoms with van der Waals surface area (Å²) in [6, 6.07) is 0. The van der Waals surface area contributed by atoms with Crippen molar-refractivity contribution in [2.24, 2.45) is 0 Å². The standard InChI is InChI=1S/C2H2O2.O2S/c3-1-2-4;1-3-2/h1-2H;. The summed E-state index contributed by atoms with van der Waals surface area (Å²) in [5, 5.41) is 0. The van der Waals surface area contributed by atoms with Crippen molar-refractivity contribution in [2.45, 2.75) is 0 Å². The Balaban J connectivity index is 0. The lowest BCUT2D eigenvalue weighted by Gasteiger charge is -1.31. The van der Waals surface area contributed by atoms with Gasteiger partial charge in [0, 0.05) is 0 Å². The first-order chi connectivity index (χ1) is 3.33. The number of aldehydes is 2. The Morgan fingerprint density at radius 2 is 1.14 bits per heavy atom. The van der Waals surface area contributed by atoms with Gasteiger partial charge in [0.15, 0.2) is 12.6 Å². The average molecular weight is 122 g/mol. The molecule has 0 spiro atoms. The molecule has 40 valence electrons.